The molecule has 2 N–H and O–H groups in total. The minimum atomic E-state index is -0.569. The molecule has 0 fully saturated rings. The van der Waals surface area contributed by atoms with E-state index in [1.807, 2.05) is 56.3 Å². The van der Waals surface area contributed by atoms with Gasteiger partial charge in [0.05, 0.1) is 6.10 Å². The van der Waals surface area contributed by atoms with Crippen LogP contribution >= 0.6 is 22.6 Å². The van der Waals surface area contributed by atoms with Crippen LogP contribution in [-0.2, 0) is 4.43 Å². The van der Waals surface area contributed by atoms with E-state index in [0.29, 0.717) is 29.8 Å². The molecule has 0 spiro atoms. The zero-order chi connectivity index (χ0) is 23.5. The summed E-state index contributed by atoms with van der Waals surface area (Å²) in [6.45, 7) is 4.34. The first kappa shape index (κ1) is 23.4. The highest BCUT2D eigenvalue weighted by atomic mass is 127. The van der Waals surface area contributed by atoms with Gasteiger partial charge in [-0.1, -0.05) is 52.9 Å². The Labute approximate surface area is 208 Å². The molecule has 1 heterocycles. The Morgan fingerprint density at radius 2 is 1.82 bits per heavy atom. The molecule has 0 aliphatic carbocycles. The van der Waals surface area contributed by atoms with Gasteiger partial charge in [0.25, 0.3) is 11.8 Å². The number of aliphatic hydroxyl groups excluding tert-OH is 1. The number of aliphatic hydroxyl groups is 1. The Hall–Kier alpha value is -2.71. The van der Waals surface area contributed by atoms with E-state index in [2.05, 4.69) is 27.9 Å². The molecule has 4 rings (SSSR count). The van der Waals surface area contributed by atoms with Crippen LogP contribution in [0.3, 0.4) is 0 Å². The molecule has 0 bridgehead atoms. The van der Waals surface area contributed by atoms with E-state index in [4.69, 9.17) is 0 Å². The number of carbonyl (C=O) groups is 2. The van der Waals surface area contributed by atoms with Gasteiger partial charge in [0.2, 0.25) is 0 Å². The summed E-state index contributed by atoms with van der Waals surface area (Å²) in [6.07, 6.45) is 0.788. The van der Waals surface area contributed by atoms with E-state index in [1.54, 1.807) is 23.1 Å². The molecule has 3 aromatic carbocycles. The number of alkyl halides is 1. The summed E-state index contributed by atoms with van der Waals surface area (Å²) in [5.41, 5.74) is 6.28. The van der Waals surface area contributed by atoms with Crippen LogP contribution in [0, 0.1) is 13.8 Å². The van der Waals surface area contributed by atoms with E-state index in [0.717, 1.165) is 38.8 Å². The van der Waals surface area contributed by atoms with Crippen LogP contribution in [0.15, 0.2) is 60.7 Å². The van der Waals surface area contributed by atoms with Crippen molar-refractivity contribution in [3.8, 4) is 0 Å². The monoisotopic (exact) mass is 554 g/mol. The molecule has 0 radical (unpaired) electrons. The Bertz CT molecular complexity index is 1210. The molecule has 33 heavy (non-hydrogen) atoms. The van der Waals surface area contributed by atoms with Gasteiger partial charge in [0.15, 0.2) is 0 Å². The van der Waals surface area contributed by atoms with Crippen molar-refractivity contribution in [1.29, 1.82) is 0 Å². The maximum Gasteiger partial charge on any atom is 0.258 e. The molecule has 5 nitrogen and oxygen atoms in total. The van der Waals surface area contributed by atoms with Crippen molar-refractivity contribution >= 4 is 45.8 Å². The van der Waals surface area contributed by atoms with Crippen molar-refractivity contribution in [3.05, 3.63) is 94.0 Å². The zero-order valence-electron chi connectivity index (χ0n) is 18.8. The van der Waals surface area contributed by atoms with Crippen LogP contribution in [0.25, 0.3) is 0 Å². The lowest BCUT2D eigenvalue weighted by Gasteiger charge is -2.25. The van der Waals surface area contributed by atoms with E-state index < -0.39 is 6.10 Å². The largest absolute Gasteiger partial charge is 0.388 e. The maximum atomic E-state index is 13.6. The second kappa shape index (κ2) is 10.1. The number of nitrogens with zero attached hydrogens (tertiary/aromatic N) is 1. The number of carbonyl (C=O) groups excluding carboxylic acids is 2. The van der Waals surface area contributed by atoms with Crippen LogP contribution in [0.2, 0.25) is 0 Å². The molecule has 1 atom stereocenters. The normalized spacial score (nSPS) is 15.5. The molecule has 0 aromatic heterocycles. The third kappa shape index (κ3) is 4.96. The molecule has 1 unspecified atom stereocenters. The minimum absolute atomic E-state index is 0.0955. The Balaban J connectivity index is 1.60. The van der Waals surface area contributed by atoms with Gasteiger partial charge in [-0.15, -0.1) is 0 Å². The fourth-order valence-corrected chi connectivity index (χ4v) is 4.76. The van der Waals surface area contributed by atoms with E-state index in [9.17, 15) is 14.7 Å². The molecule has 3 aromatic rings. The first-order valence-corrected chi connectivity index (χ1v) is 12.6. The Kier molecular flexibility index (Phi) is 7.14. The predicted octanol–water partition coefficient (Wildman–Crippen LogP) is 5.96. The van der Waals surface area contributed by atoms with Crippen LogP contribution in [0.1, 0.15) is 61.9 Å². The van der Waals surface area contributed by atoms with Gasteiger partial charge >= 0.3 is 0 Å². The van der Waals surface area contributed by atoms with Crippen molar-refractivity contribution < 1.29 is 14.7 Å². The Morgan fingerprint density at radius 1 is 1.03 bits per heavy atom. The van der Waals surface area contributed by atoms with Gasteiger partial charge in [-0.3, -0.25) is 9.59 Å². The molecule has 2 amide bonds. The molecular formula is C27H27IN2O3. The number of benzene rings is 3. The minimum Gasteiger partial charge on any atom is -0.388 e. The highest BCUT2D eigenvalue weighted by molar-refractivity contribution is 14.1. The second-order valence-electron chi connectivity index (χ2n) is 8.44. The molecule has 1 aliphatic heterocycles. The number of nitrogens with one attached hydrogen (secondary N) is 1. The summed E-state index contributed by atoms with van der Waals surface area (Å²) in [7, 11) is 0. The summed E-state index contributed by atoms with van der Waals surface area (Å²) < 4.78 is 0.848. The van der Waals surface area contributed by atoms with Crippen molar-refractivity contribution in [2.45, 2.75) is 37.2 Å². The molecule has 1 aliphatic rings. The van der Waals surface area contributed by atoms with E-state index in [1.165, 1.54) is 0 Å². The van der Waals surface area contributed by atoms with Crippen molar-refractivity contribution in [1.82, 2.24) is 0 Å². The van der Waals surface area contributed by atoms with Crippen LogP contribution in [0.5, 0.6) is 0 Å². The summed E-state index contributed by atoms with van der Waals surface area (Å²) >= 11 is 2.30. The number of rotatable bonds is 4. The number of hydrogen-bond acceptors (Lipinski definition) is 3. The summed E-state index contributed by atoms with van der Waals surface area (Å²) in [4.78, 5) is 28.0. The topological polar surface area (TPSA) is 69.6 Å². The van der Waals surface area contributed by atoms with Crippen molar-refractivity contribution in [2.24, 2.45) is 0 Å². The van der Waals surface area contributed by atoms with Gasteiger partial charge in [-0.05, 0) is 73.7 Å². The average Bonchev–Trinajstić information content (AvgIpc) is 2.97. The third-order valence-electron chi connectivity index (χ3n) is 6.10. The average molecular weight is 554 g/mol. The number of hydrogen-bond donors (Lipinski definition) is 2. The van der Waals surface area contributed by atoms with Crippen LogP contribution in [0.4, 0.5) is 11.4 Å². The molecule has 0 saturated carbocycles. The van der Waals surface area contributed by atoms with E-state index >= 15 is 0 Å². The smallest absolute Gasteiger partial charge is 0.258 e. The molecule has 170 valence electrons. The van der Waals surface area contributed by atoms with Gasteiger partial charge in [0.1, 0.15) is 0 Å². The van der Waals surface area contributed by atoms with Gasteiger partial charge in [0, 0.05) is 39.0 Å². The van der Waals surface area contributed by atoms with Crippen LogP contribution in [-0.4, -0.2) is 23.5 Å². The lowest BCUT2D eigenvalue weighted by atomic mass is 10.0. The Morgan fingerprint density at radius 3 is 2.55 bits per heavy atom. The third-order valence-corrected chi connectivity index (χ3v) is 6.99. The van der Waals surface area contributed by atoms with E-state index in [-0.39, 0.29) is 11.8 Å². The number of aryl methyl sites for hydroxylation is 2. The number of fused-ring (bicyclic) bond motifs is 1. The highest BCUT2D eigenvalue weighted by Crippen LogP contribution is 2.35. The fraction of sp³-hybridized carbons (Fsp3) is 0.259. The summed E-state index contributed by atoms with van der Waals surface area (Å²) in [5.74, 6) is -0.269. The van der Waals surface area contributed by atoms with Crippen LogP contribution < -0.4 is 10.2 Å². The molecular weight excluding hydrogens is 527 g/mol. The lowest BCUT2D eigenvalue weighted by Crippen LogP contribution is -2.32. The standard InChI is InChI=1S/C27H27IN2O3/c1-17-6-3-4-7-21(17)26(32)29-20-10-11-22(18(2)14-20)27(33)30-13-5-8-25(31)23-15-19(16-28)9-12-24(23)30/h3-4,6-7,9-12,14-15,25,31H,5,8,13,16H2,1-2H3,(H,29,32). The quantitative estimate of drug-likeness (QED) is 0.309. The molecule has 0 saturated heterocycles. The van der Waals surface area contributed by atoms with Gasteiger partial charge in [-0.2, -0.15) is 0 Å². The first-order chi connectivity index (χ1) is 15.9. The first-order valence-electron chi connectivity index (χ1n) is 11.1. The predicted molar refractivity (Wildman–Crippen MR) is 140 cm³/mol. The highest BCUT2D eigenvalue weighted by Gasteiger charge is 2.27. The molecule has 6 heteroatoms. The van der Waals surface area contributed by atoms with Crippen molar-refractivity contribution in [3.63, 3.8) is 0 Å². The number of halogens is 1. The number of anilines is 2. The summed E-state index contributed by atoms with van der Waals surface area (Å²) in [5, 5.41) is 13.6. The maximum absolute atomic E-state index is 13.6. The number of amides is 2. The van der Waals surface area contributed by atoms with Crippen molar-refractivity contribution in [2.75, 3.05) is 16.8 Å². The fourth-order valence-electron chi connectivity index (χ4n) is 4.28. The lowest BCUT2D eigenvalue weighted by molar-refractivity contribution is 0.0985. The van der Waals surface area contributed by atoms with Gasteiger partial charge in [-0.25, -0.2) is 0 Å². The second-order valence-corrected chi connectivity index (χ2v) is 9.20. The SMILES string of the molecule is Cc1ccccc1C(=O)Nc1ccc(C(=O)N2CCCC(O)c3cc(CI)ccc32)c(C)c1. The van der Waals surface area contributed by atoms with Gasteiger partial charge < -0.3 is 15.3 Å². The zero-order valence-corrected chi connectivity index (χ0v) is 20.9. The summed E-state index contributed by atoms with van der Waals surface area (Å²) in [6, 6.07) is 18.8.